The highest BCUT2D eigenvalue weighted by Crippen LogP contribution is 2.68. The second-order valence-electron chi connectivity index (χ2n) is 7.34. The number of carbonyl (C=O) groups is 1. The maximum atomic E-state index is 11.2. The maximum absolute atomic E-state index is 11.2. The minimum Gasteiger partial charge on any atom is -0.481 e. The van der Waals surface area contributed by atoms with Crippen molar-refractivity contribution < 1.29 is 9.90 Å². The number of thiazole rings is 1. The zero-order valence-corrected chi connectivity index (χ0v) is 13.9. The molecule has 0 unspecified atom stereocenters. The first-order chi connectivity index (χ1) is 9.01. The molecule has 0 amide bonds. The Kier molecular flexibility index (Phi) is 3.40. The number of hydrogen-bond donors (Lipinski definition) is 2. The number of nitrogens with one attached hydrogen (secondary N) is 1. The molecule has 1 aromatic heterocycles. The number of aromatic nitrogens is 1. The van der Waals surface area contributed by atoms with Crippen molar-refractivity contribution in [1.82, 2.24) is 4.98 Å². The highest BCUT2D eigenvalue weighted by molar-refractivity contribution is 7.13. The smallest absolute Gasteiger partial charge is 0.315 e. The molecule has 1 aliphatic carbocycles. The highest BCUT2D eigenvalue weighted by Gasteiger charge is 2.64. The summed E-state index contributed by atoms with van der Waals surface area (Å²) in [6, 6.07) is 0. The van der Waals surface area contributed by atoms with Crippen LogP contribution in [0.15, 0.2) is 5.38 Å². The molecule has 1 aromatic rings. The minimum absolute atomic E-state index is 0.348. The Labute approximate surface area is 124 Å². The molecule has 0 bridgehead atoms. The third-order valence-corrected chi connectivity index (χ3v) is 6.26. The Morgan fingerprint density at radius 1 is 1.40 bits per heavy atom. The van der Waals surface area contributed by atoms with Gasteiger partial charge in [0.1, 0.15) is 5.41 Å². The zero-order valence-electron chi connectivity index (χ0n) is 13.1. The number of aliphatic carboxylic acids is 1. The standard InChI is InChI=1S/C15H24N2O2S/c1-13(2,11(18)19)10-8-20-12(17-10)16-7-9-14(3,4)15(9,5)6/h8-9H,7H2,1-6H3,(H,16,17)(H,18,19). The van der Waals surface area contributed by atoms with Gasteiger partial charge < -0.3 is 10.4 Å². The lowest BCUT2D eigenvalue weighted by Gasteiger charge is -2.15. The van der Waals surface area contributed by atoms with Crippen LogP contribution in [0.3, 0.4) is 0 Å². The molecule has 2 N–H and O–H groups in total. The van der Waals surface area contributed by atoms with Crippen LogP contribution in [0.5, 0.6) is 0 Å². The van der Waals surface area contributed by atoms with Gasteiger partial charge in [0, 0.05) is 11.9 Å². The van der Waals surface area contributed by atoms with E-state index < -0.39 is 11.4 Å². The van der Waals surface area contributed by atoms with Crippen LogP contribution in [0.2, 0.25) is 0 Å². The Morgan fingerprint density at radius 2 is 1.95 bits per heavy atom. The van der Waals surface area contributed by atoms with Crippen molar-refractivity contribution in [2.45, 2.75) is 47.0 Å². The van der Waals surface area contributed by atoms with Gasteiger partial charge >= 0.3 is 5.97 Å². The Morgan fingerprint density at radius 3 is 2.40 bits per heavy atom. The lowest BCUT2D eigenvalue weighted by molar-refractivity contribution is -0.142. The molecule has 1 aliphatic rings. The fourth-order valence-corrected chi connectivity index (χ4v) is 3.67. The van der Waals surface area contributed by atoms with Gasteiger partial charge in [0.05, 0.1) is 5.69 Å². The van der Waals surface area contributed by atoms with E-state index in [0.29, 0.717) is 22.4 Å². The predicted molar refractivity (Wildman–Crippen MR) is 82.3 cm³/mol. The first kappa shape index (κ1) is 15.3. The Balaban J connectivity index is 2.00. The van der Waals surface area contributed by atoms with Gasteiger partial charge in [-0.1, -0.05) is 27.7 Å². The van der Waals surface area contributed by atoms with Gasteiger partial charge in [-0.2, -0.15) is 0 Å². The molecule has 0 spiro atoms. The number of hydrogen-bond acceptors (Lipinski definition) is 4. The summed E-state index contributed by atoms with van der Waals surface area (Å²) in [4.78, 5) is 15.6. The largest absolute Gasteiger partial charge is 0.481 e. The fraction of sp³-hybridized carbons (Fsp3) is 0.733. The van der Waals surface area contributed by atoms with Crippen molar-refractivity contribution in [2.75, 3.05) is 11.9 Å². The second kappa shape index (κ2) is 4.45. The molecule has 2 rings (SSSR count). The lowest BCUT2D eigenvalue weighted by Crippen LogP contribution is -2.28. The van der Waals surface area contributed by atoms with Crippen molar-refractivity contribution >= 4 is 22.4 Å². The summed E-state index contributed by atoms with van der Waals surface area (Å²) in [6.45, 7) is 13.4. The van der Waals surface area contributed by atoms with E-state index in [1.165, 1.54) is 11.3 Å². The van der Waals surface area contributed by atoms with Crippen molar-refractivity contribution in [1.29, 1.82) is 0 Å². The van der Waals surface area contributed by atoms with E-state index in [2.05, 4.69) is 38.0 Å². The Hall–Kier alpha value is -1.10. The van der Waals surface area contributed by atoms with Gasteiger partial charge in [-0.05, 0) is 30.6 Å². The third-order valence-electron chi connectivity index (χ3n) is 5.46. The SMILES string of the molecule is CC(C)(C(=O)O)c1csc(NCC2C(C)(C)C2(C)C)n1. The summed E-state index contributed by atoms with van der Waals surface area (Å²) in [5, 5.41) is 15.2. The second-order valence-corrected chi connectivity index (χ2v) is 8.20. The van der Waals surface area contributed by atoms with Gasteiger partial charge in [-0.3, -0.25) is 4.79 Å². The number of nitrogens with zero attached hydrogens (tertiary/aromatic N) is 1. The van der Waals surface area contributed by atoms with Gasteiger partial charge in [0.2, 0.25) is 0 Å². The molecule has 1 saturated carbocycles. The first-order valence-electron chi connectivity index (χ1n) is 6.94. The van der Waals surface area contributed by atoms with E-state index in [-0.39, 0.29) is 0 Å². The van der Waals surface area contributed by atoms with Crippen LogP contribution in [-0.2, 0) is 10.2 Å². The minimum atomic E-state index is -0.936. The quantitative estimate of drug-likeness (QED) is 0.871. The number of anilines is 1. The first-order valence-corrected chi connectivity index (χ1v) is 7.82. The monoisotopic (exact) mass is 296 g/mol. The van der Waals surface area contributed by atoms with Crippen molar-refractivity contribution in [2.24, 2.45) is 16.7 Å². The molecule has 1 heterocycles. The van der Waals surface area contributed by atoms with E-state index in [4.69, 9.17) is 0 Å². The molecular formula is C15H24N2O2S. The molecule has 0 atom stereocenters. The van der Waals surface area contributed by atoms with Crippen LogP contribution < -0.4 is 5.32 Å². The number of carboxylic acid groups (broad SMARTS) is 1. The molecular weight excluding hydrogens is 272 g/mol. The van der Waals surface area contributed by atoms with Crippen molar-refractivity contribution in [3.05, 3.63) is 11.1 Å². The summed E-state index contributed by atoms with van der Waals surface area (Å²) in [7, 11) is 0. The topological polar surface area (TPSA) is 62.2 Å². The molecule has 0 aromatic carbocycles. The van der Waals surface area contributed by atoms with Crippen molar-refractivity contribution in [3.8, 4) is 0 Å². The van der Waals surface area contributed by atoms with Crippen LogP contribution in [0.25, 0.3) is 0 Å². The van der Waals surface area contributed by atoms with Gasteiger partial charge in [0.25, 0.3) is 0 Å². The summed E-state index contributed by atoms with van der Waals surface area (Å²) in [5.74, 6) is -0.228. The number of carboxylic acids is 1. The van der Waals surface area contributed by atoms with Crippen LogP contribution in [0, 0.1) is 16.7 Å². The number of rotatable bonds is 5. The summed E-state index contributed by atoms with van der Waals surface area (Å²) in [6.07, 6.45) is 0. The molecule has 112 valence electrons. The van der Waals surface area contributed by atoms with E-state index in [9.17, 15) is 9.90 Å². The van der Waals surface area contributed by atoms with E-state index in [0.717, 1.165) is 11.7 Å². The van der Waals surface area contributed by atoms with Crippen molar-refractivity contribution in [3.63, 3.8) is 0 Å². The molecule has 0 aliphatic heterocycles. The zero-order chi connectivity index (χ0) is 15.3. The van der Waals surface area contributed by atoms with E-state index >= 15 is 0 Å². The molecule has 1 fully saturated rings. The van der Waals surface area contributed by atoms with Gasteiger partial charge in [0.15, 0.2) is 5.13 Å². The maximum Gasteiger partial charge on any atom is 0.315 e. The van der Waals surface area contributed by atoms with E-state index in [1.54, 1.807) is 13.8 Å². The molecule has 0 radical (unpaired) electrons. The molecule has 0 saturated heterocycles. The normalized spacial score (nSPS) is 20.7. The van der Waals surface area contributed by atoms with Crippen LogP contribution in [0.4, 0.5) is 5.13 Å². The summed E-state index contributed by atoms with van der Waals surface area (Å²) >= 11 is 1.48. The van der Waals surface area contributed by atoms with Gasteiger partial charge in [-0.25, -0.2) is 4.98 Å². The lowest BCUT2D eigenvalue weighted by atomic mass is 9.90. The predicted octanol–water partition coefficient (Wildman–Crippen LogP) is 3.60. The van der Waals surface area contributed by atoms with Gasteiger partial charge in [-0.15, -0.1) is 11.3 Å². The van der Waals surface area contributed by atoms with Crippen LogP contribution in [-0.4, -0.2) is 22.6 Å². The van der Waals surface area contributed by atoms with E-state index in [1.807, 2.05) is 5.38 Å². The molecule has 4 nitrogen and oxygen atoms in total. The average Bonchev–Trinajstić information content (AvgIpc) is 2.72. The van der Waals surface area contributed by atoms with Crippen LogP contribution >= 0.6 is 11.3 Å². The highest BCUT2D eigenvalue weighted by atomic mass is 32.1. The average molecular weight is 296 g/mol. The summed E-state index contributed by atoms with van der Waals surface area (Å²) < 4.78 is 0. The summed E-state index contributed by atoms with van der Waals surface area (Å²) in [5.41, 5.74) is 0.377. The Bertz CT molecular complexity index is 518. The molecule has 5 heteroatoms. The fourth-order valence-electron chi connectivity index (χ4n) is 2.78. The van der Waals surface area contributed by atoms with Crippen LogP contribution in [0.1, 0.15) is 47.2 Å². The molecule has 20 heavy (non-hydrogen) atoms. The third kappa shape index (κ3) is 2.22.